The number of benzene rings is 1. The summed E-state index contributed by atoms with van der Waals surface area (Å²) in [6.07, 6.45) is 1.55. The molecule has 0 bridgehead atoms. The Morgan fingerprint density at radius 1 is 1.53 bits per heavy atom. The molecule has 104 valence electrons. The van der Waals surface area contributed by atoms with Crippen molar-refractivity contribution in [3.8, 4) is 5.75 Å². The first-order valence-electron chi connectivity index (χ1n) is 6.23. The van der Waals surface area contributed by atoms with Crippen molar-refractivity contribution in [1.82, 2.24) is 5.32 Å². The quantitative estimate of drug-likeness (QED) is 0.667. The number of rotatable bonds is 4. The molecule has 0 aliphatic carbocycles. The van der Waals surface area contributed by atoms with Crippen LogP contribution in [0.4, 0.5) is 0 Å². The molecule has 4 nitrogen and oxygen atoms in total. The standard InChI is InChI=1S/C11H14O2.C4H7NO/c1-8-4-3-5-9(2)11(8)13-7-10-6-12-10;1-3-4(6)5-2/h3-5,10H,6-7H2,1-2H3;3H,1H2,2H3,(H,5,6). The number of hydrogen-bond donors (Lipinski definition) is 1. The van der Waals surface area contributed by atoms with Crippen LogP contribution in [-0.4, -0.2) is 32.3 Å². The average molecular weight is 263 g/mol. The van der Waals surface area contributed by atoms with Crippen molar-refractivity contribution in [1.29, 1.82) is 0 Å². The minimum Gasteiger partial charge on any atom is -0.490 e. The smallest absolute Gasteiger partial charge is 0.243 e. The lowest BCUT2D eigenvalue weighted by Crippen LogP contribution is -2.13. The van der Waals surface area contributed by atoms with Crippen LogP contribution in [-0.2, 0) is 9.53 Å². The first kappa shape index (κ1) is 15.2. The van der Waals surface area contributed by atoms with Crippen molar-refractivity contribution in [3.05, 3.63) is 42.0 Å². The fourth-order valence-corrected chi connectivity index (χ4v) is 1.47. The van der Waals surface area contributed by atoms with E-state index in [0.717, 1.165) is 12.4 Å². The van der Waals surface area contributed by atoms with Gasteiger partial charge < -0.3 is 14.8 Å². The fourth-order valence-electron chi connectivity index (χ4n) is 1.47. The van der Waals surface area contributed by atoms with Crippen LogP contribution in [0.3, 0.4) is 0 Å². The van der Waals surface area contributed by atoms with E-state index in [0.29, 0.717) is 12.7 Å². The predicted molar refractivity (Wildman–Crippen MR) is 75.4 cm³/mol. The molecular weight excluding hydrogens is 242 g/mol. The zero-order valence-electron chi connectivity index (χ0n) is 11.7. The summed E-state index contributed by atoms with van der Waals surface area (Å²) in [5, 5.41) is 2.36. The highest BCUT2D eigenvalue weighted by Gasteiger charge is 2.23. The highest BCUT2D eigenvalue weighted by molar-refractivity contribution is 5.86. The van der Waals surface area contributed by atoms with Gasteiger partial charge in [0.25, 0.3) is 0 Å². The number of epoxide rings is 1. The third-order valence-electron chi connectivity index (χ3n) is 2.66. The van der Waals surface area contributed by atoms with Crippen LogP contribution in [0.1, 0.15) is 11.1 Å². The molecule has 1 unspecified atom stereocenters. The maximum absolute atomic E-state index is 9.95. The van der Waals surface area contributed by atoms with Gasteiger partial charge in [0.05, 0.1) is 6.61 Å². The van der Waals surface area contributed by atoms with E-state index in [4.69, 9.17) is 9.47 Å². The molecule has 1 fully saturated rings. The Morgan fingerprint density at radius 2 is 2.11 bits per heavy atom. The van der Waals surface area contributed by atoms with Crippen LogP contribution < -0.4 is 10.1 Å². The number of carbonyl (C=O) groups is 1. The van der Waals surface area contributed by atoms with Gasteiger partial charge in [0.2, 0.25) is 5.91 Å². The molecule has 0 saturated carbocycles. The highest BCUT2D eigenvalue weighted by Crippen LogP contribution is 2.23. The van der Waals surface area contributed by atoms with Crippen molar-refractivity contribution in [2.24, 2.45) is 0 Å². The monoisotopic (exact) mass is 263 g/mol. The van der Waals surface area contributed by atoms with Crippen molar-refractivity contribution < 1.29 is 14.3 Å². The molecule has 1 N–H and O–H groups in total. The summed E-state index contributed by atoms with van der Waals surface area (Å²) in [7, 11) is 1.56. The van der Waals surface area contributed by atoms with E-state index in [2.05, 4.69) is 37.9 Å². The Hall–Kier alpha value is -1.81. The Balaban J connectivity index is 0.000000258. The molecule has 0 aromatic heterocycles. The summed E-state index contributed by atoms with van der Waals surface area (Å²) in [5.74, 6) is 0.869. The molecule has 1 aromatic rings. The summed E-state index contributed by atoms with van der Waals surface area (Å²) in [6.45, 7) is 8.89. The number of carbonyl (C=O) groups excluding carboxylic acids is 1. The Labute approximate surface area is 114 Å². The summed E-state index contributed by atoms with van der Waals surface area (Å²) in [6, 6.07) is 6.18. The minimum absolute atomic E-state index is 0.144. The highest BCUT2D eigenvalue weighted by atomic mass is 16.6. The summed E-state index contributed by atoms with van der Waals surface area (Å²) >= 11 is 0. The number of ether oxygens (including phenoxy) is 2. The van der Waals surface area contributed by atoms with Gasteiger partial charge >= 0.3 is 0 Å². The van der Waals surface area contributed by atoms with Gasteiger partial charge in [0.1, 0.15) is 18.5 Å². The molecule has 1 aliphatic rings. The zero-order valence-corrected chi connectivity index (χ0v) is 11.7. The van der Waals surface area contributed by atoms with Gasteiger partial charge in [0, 0.05) is 7.05 Å². The Morgan fingerprint density at radius 3 is 2.47 bits per heavy atom. The number of amides is 1. The molecule has 1 amide bonds. The van der Waals surface area contributed by atoms with Gasteiger partial charge in [-0.25, -0.2) is 0 Å². The average Bonchev–Trinajstić information content (AvgIpc) is 3.22. The third-order valence-corrected chi connectivity index (χ3v) is 2.66. The van der Waals surface area contributed by atoms with E-state index in [1.165, 1.54) is 17.2 Å². The molecule has 1 aromatic carbocycles. The molecule has 1 saturated heterocycles. The molecule has 0 radical (unpaired) electrons. The van der Waals surface area contributed by atoms with Gasteiger partial charge in [-0.15, -0.1) is 0 Å². The number of para-hydroxylation sites is 1. The van der Waals surface area contributed by atoms with Crippen LogP contribution in [0.15, 0.2) is 30.9 Å². The third kappa shape index (κ3) is 5.57. The number of nitrogens with one attached hydrogen (secondary N) is 1. The second kappa shape index (κ2) is 7.59. The summed E-state index contributed by atoms with van der Waals surface area (Å²) in [5.41, 5.74) is 2.39. The van der Waals surface area contributed by atoms with Gasteiger partial charge in [-0.2, -0.15) is 0 Å². The topological polar surface area (TPSA) is 50.9 Å². The zero-order chi connectivity index (χ0) is 14.3. The van der Waals surface area contributed by atoms with E-state index >= 15 is 0 Å². The largest absolute Gasteiger partial charge is 0.490 e. The van der Waals surface area contributed by atoms with Crippen molar-refractivity contribution in [2.45, 2.75) is 20.0 Å². The van der Waals surface area contributed by atoms with Crippen LogP contribution in [0, 0.1) is 13.8 Å². The number of aryl methyl sites for hydroxylation is 2. The van der Waals surface area contributed by atoms with E-state index < -0.39 is 0 Å². The Kier molecular flexibility index (Phi) is 6.09. The molecule has 1 heterocycles. The maximum Gasteiger partial charge on any atom is 0.243 e. The van der Waals surface area contributed by atoms with Gasteiger partial charge in [-0.05, 0) is 31.1 Å². The van der Waals surface area contributed by atoms with E-state index in [9.17, 15) is 4.79 Å². The fraction of sp³-hybridized carbons (Fsp3) is 0.400. The molecule has 2 rings (SSSR count). The van der Waals surface area contributed by atoms with Crippen molar-refractivity contribution >= 4 is 5.91 Å². The number of hydrogen-bond acceptors (Lipinski definition) is 3. The van der Waals surface area contributed by atoms with Crippen LogP contribution >= 0.6 is 0 Å². The van der Waals surface area contributed by atoms with E-state index in [-0.39, 0.29) is 5.91 Å². The van der Waals surface area contributed by atoms with Crippen LogP contribution in [0.25, 0.3) is 0 Å². The first-order valence-corrected chi connectivity index (χ1v) is 6.23. The lowest BCUT2D eigenvalue weighted by molar-refractivity contribution is -0.116. The summed E-state index contributed by atoms with van der Waals surface area (Å²) < 4.78 is 10.8. The lowest BCUT2D eigenvalue weighted by Gasteiger charge is -2.10. The predicted octanol–water partition coefficient (Wildman–Crippen LogP) is 2.00. The minimum atomic E-state index is -0.144. The maximum atomic E-state index is 9.95. The van der Waals surface area contributed by atoms with E-state index in [1.807, 2.05) is 6.07 Å². The molecule has 0 spiro atoms. The first-order chi connectivity index (χ1) is 9.08. The van der Waals surface area contributed by atoms with Crippen LogP contribution in [0.2, 0.25) is 0 Å². The van der Waals surface area contributed by atoms with Crippen molar-refractivity contribution in [3.63, 3.8) is 0 Å². The van der Waals surface area contributed by atoms with Gasteiger partial charge in [-0.3, -0.25) is 4.79 Å². The second-order valence-corrected chi connectivity index (χ2v) is 4.31. The van der Waals surface area contributed by atoms with Gasteiger partial charge in [-0.1, -0.05) is 24.8 Å². The SMILES string of the molecule is C=CC(=O)NC.Cc1cccc(C)c1OCC1CO1. The molecule has 1 atom stereocenters. The van der Waals surface area contributed by atoms with Crippen molar-refractivity contribution in [2.75, 3.05) is 20.3 Å². The molecular formula is C15H21NO3. The number of likely N-dealkylation sites (N-methyl/N-ethyl adjacent to an activating group) is 1. The van der Waals surface area contributed by atoms with Crippen LogP contribution in [0.5, 0.6) is 5.75 Å². The van der Waals surface area contributed by atoms with E-state index in [1.54, 1.807) is 7.05 Å². The lowest BCUT2D eigenvalue weighted by atomic mass is 10.1. The molecule has 19 heavy (non-hydrogen) atoms. The van der Waals surface area contributed by atoms with Gasteiger partial charge in [0.15, 0.2) is 0 Å². The molecule has 4 heteroatoms. The molecule has 1 aliphatic heterocycles. The normalized spacial score (nSPS) is 15.8. The summed E-state index contributed by atoms with van der Waals surface area (Å²) in [4.78, 5) is 9.95. The Bertz CT molecular complexity index is 419. The second-order valence-electron chi connectivity index (χ2n) is 4.31.